The van der Waals surface area contributed by atoms with Crippen molar-refractivity contribution in [2.24, 2.45) is 0 Å². The minimum Gasteiger partial charge on any atom is -0.508 e. The zero-order valence-corrected chi connectivity index (χ0v) is 14.2. The van der Waals surface area contributed by atoms with E-state index in [-0.39, 0.29) is 24.3 Å². The van der Waals surface area contributed by atoms with E-state index in [1.54, 1.807) is 35.2 Å². The molecule has 6 N–H and O–H groups in total. The van der Waals surface area contributed by atoms with Crippen molar-refractivity contribution in [3.8, 4) is 11.5 Å². The number of hydroxylamine groups is 2. The van der Waals surface area contributed by atoms with E-state index in [4.69, 9.17) is 4.74 Å². The van der Waals surface area contributed by atoms with Crippen LogP contribution in [0.1, 0.15) is 11.1 Å². The van der Waals surface area contributed by atoms with Crippen LogP contribution in [-0.2, 0) is 27.2 Å². The summed E-state index contributed by atoms with van der Waals surface area (Å²) in [7, 11) is 0. The van der Waals surface area contributed by atoms with Gasteiger partial charge >= 0.3 is 11.9 Å². The number of hydrogen-bond donors (Lipinski definition) is 6. The van der Waals surface area contributed by atoms with E-state index in [2.05, 4.69) is 0 Å². The lowest BCUT2D eigenvalue weighted by molar-refractivity contribution is -0.165. The first-order chi connectivity index (χ1) is 12.9. The van der Waals surface area contributed by atoms with Gasteiger partial charge in [0.15, 0.2) is 0 Å². The molecule has 2 aromatic rings. The zero-order chi connectivity index (χ0) is 19.8. The highest BCUT2D eigenvalue weighted by atomic mass is 16.6. The van der Waals surface area contributed by atoms with Crippen molar-refractivity contribution >= 4 is 11.9 Å². The summed E-state index contributed by atoms with van der Waals surface area (Å²) in [5.41, 5.74) is 4.80. The van der Waals surface area contributed by atoms with Crippen molar-refractivity contribution in [3.05, 3.63) is 59.7 Å². The molecule has 0 aliphatic carbocycles. The quantitative estimate of drug-likeness (QED) is 0.222. The highest BCUT2D eigenvalue weighted by molar-refractivity contribution is 5.91. The molecule has 9 heteroatoms. The van der Waals surface area contributed by atoms with Crippen LogP contribution in [0.2, 0.25) is 0 Å². The summed E-state index contributed by atoms with van der Waals surface area (Å²) in [6.45, 7) is 0. The van der Waals surface area contributed by atoms with E-state index < -0.39 is 24.0 Å². The average molecular weight is 376 g/mol. The van der Waals surface area contributed by atoms with E-state index in [1.165, 1.54) is 24.3 Å². The van der Waals surface area contributed by atoms with Crippen molar-refractivity contribution < 1.29 is 35.0 Å². The van der Waals surface area contributed by atoms with Crippen LogP contribution in [0.25, 0.3) is 0 Å². The van der Waals surface area contributed by atoms with Crippen molar-refractivity contribution in [1.82, 2.24) is 11.0 Å². The Bertz CT molecular complexity index is 697. The van der Waals surface area contributed by atoms with Crippen molar-refractivity contribution in [3.63, 3.8) is 0 Å². The molecule has 0 aliphatic rings. The summed E-state index contributed by atoms with van der Waals surface area (Å²) in [5, 5.41) is 36.9. The lowest BCUT2D eigenvalue weighted by Crippen LogP contribution is -2.44. The van der Waals surface area contributed by atoms with Crippen LogP contribution < -0.4 is 11.0 Å². The molecule has 0 saturated carbocycles. The van der Waals surface area contributed by atoms with Crippen molar-refractivity contribution in [1.29, 1.82) is 0 Å². The average Bonchev–Trinajstić information content (AvgIpc) is 2.66. The molecule has 0 aliphatic heterocycles. The van der Waals surface area contributed by atoms with Crippen molar-refractivity contribution in [2.75, 3.05) is 0 Å². The van der Waals surface area contributed by atoms with Gasteiger partial charge in [-0.3, -0.25) is 0 Å². The summed E-state index contributed by atoms with van der Waals surface area (Å²) in [6.07, 6.45) is 0.0240. The molecule has 0 spiro atoms. The molecule has 0 amide bonds. The Labute approximate surface area is 154 Å². The maximum Gasteiger partial charge on any atom is 0.333 e. The predicted molar refractivity (Wildman–Crippen MR) is 92.1 cm³/mol. The lowest BCUT2D eigenvalue weighted by Gasteiger charge is -2.17. The molecule has 0 heterocycles. The number of hydrogen-bond acceptors (Lipinski definition) is 9. The van der Waals surface area contributed by atoms with Gasteiger partial charge in [-0.05, 0) is 35.4 Å². The topological polar surface area (TPSA) is 148 Å². The van der Waals surface area contributed by atoms with E-state index >= 15 is 0 Å². The summed E-state index contributed by atoms with van der Waals surface area (Å²) >= 11 is 0. The number of carbonyl (C=O) groups excluding carboxylic acids is 2. The van der Waals surface area contributed by atoms with Crippen LogP contribution in [-0.4, -0.2) is 44.6 Å². The van der Waals surface area contributed by atoms with Gasteiger partial charge in [-0.25, -0.2) is 9.59 Å². The summed E-state index contributed by atoms with van der Waals surface area (Å²) in [6, 6.07) is 9.46. The maximum absolute atomic E-state index is 12.1. The second-order valence-corrected chi connectivity index (χ2v) is 5.84. The zero-order valence-electron chi connectivity index (χ0n) is 14.2. The van der Waals surface area contributed by atoms with Crippen LogP contribution in [0, 0.1) is 0 Å². The lowest BCUT2D eigenvalue weighted by atomic mass is 10.1. The number of phenolic OH excluding ortho intramolecular Hbond substituents is 2. The fourth-order valence-electron chi connectivity index (χ4n) is 2.34. The second-order valence-electron chi connectivity index (χ2n) is 5.84. The highest BCUT2D eigenvalue weighted by Crippen LogP contribution is 2.13. The molecule has 144 valence electrons. The normalized spacial score (nSPS) is 13.0. The van der Waals surface area contributed by atoms with Crippen LogP contribution >= 0.6 is 0 Å². The molecule has 0 aromatic heterocycles. The Morgan fingerprint density at radius 3 is 1.37 bits per heavy atom. The highest BCUT2D eigenvalue weighted by Gasteiger charge is 2.27. The van der Waals surface area contributed by atoms with Crippen LogP contribution in [0.15, 0.2) is 48.5 Å². The summed E-state index contributed by atoms with van der Waals surface area (Å²) in [5.74, 6) is -1.95. The number of carbonyl (C=O) groups is 2. The summed E-state index contributed by atoms with van der Waals surface area (Å²) < 4.78 is 4.73. The number of esters is 2. The number of ether oxygens (including phenoxy) is 1. The van der Waals surface area contributed by atoms with Gasteiger partial charge in [-0.1, -0.05) is 24.3 Å². The van der Waals surface area contributed by atoms with Crippen molar-refractivity contribution in [2.45, 2.75) is 24.9 Å². The number of rotatable bonds is 8. The van der Waals surface area contributed by atoms with Gasteiger partial charge < -0.3 is 25.4 Å². The Morgan fingerprint density at radius 1 is 0.741 bits per heavy atom. The van der Waals surface area contributed by atoms with Crippen LogP contribution in [0.5, 0.6) is 11.5 Å². The number of phenols is 2. The molecule has 2 atom stereocenters. The fraction of sp³-hybridized carbons (Fsp3) is 0.222. The monoisotopic (exact) mass is 376 g/mol. The van der Waals surface area contributed by atoms with Gasteiger partial charge in [0.2, 0.25) is 0 Å². The molecule has 0 radical (unpaired) electrons. The molecule has 0 fully saturated rings. The first-order valence-electron chi connectivity index (χ1n) is 8.03. The van der Waals surface area contributed by atoms with Gasteiger partial charge in [0, 0.05) is 12.8 Å². The maximum atomic E-state index is 12.1. The molecule has 2 rings (SSSR count). The third-order valence-corrected chi connectivity index (χ3v) is 3.83. The van der Waals surface area contributed by atoms with E-state index in [1.807, 2.05) is 0 Å². The standard InChI is InChI=1S/C18H20N2O7/c21-13-5-1-11(2-6-13)9-15(19-25)17(23)27-18(24)16(20-26)10-12-3-7-14(22)8-4-12/h1-8,15-16,19-22,25-26H,9-10H2. The second kappa shape index (κ2) is 9.64. The number of benzene rings is 2. The number of nitrogens with one attached hydrogen (secondary N) is 2. The predicted octanol–water partition coefficient (Wildman–Crippen LogP) is 0.648. The van der Waals surface area contributed by atoms with Gasteiger partial charge in [0.1, 0.15) is 23.6 Å². The first kappa shape index (κ1) is 20.3. The summed E-state index contributed by atoms with van der Waals surface area (Å²) in [4.78, 5) is 24.2. The largest absolute Gasteiger partial charge is 0.508 e. The first-order valence-corrected chi connectivity index (χ1v) is 8.03. The third-order valence-electron chi connectivity index (χ3n) is 3.83. The van der Waals surface area contributed by atoms with Gasteiger partial charge in [0.25, 0.3) is 0 Å². The van der Waals surface area contributed by atoms with E-state index in [0.29, 0.717) is 11.1 Å². The Balaban J connectivity index is 1.96. The molecular weight excluding hydrogens is 356 g/mol. The van der Waals surface area contributed by atoms with Crippen LogP contribution in [0.3, 0.4) is 0 Å². The SMILES string of the molecule is O=C(OC(=O)C(Cc1ccc(O)cc1)NO)C(Cc1ccc(O)cc1)NO. The molecule has 0 bridgehead atoms. The van der Waals surface area contributed by atoms with E-state index in [0.717, 1.165) is 0 Å². The van der Waals surface area contributed by atoms with Gasteiger partial charge in [-0.2, -0.15) is 11.0 Å². The van der Waals surface area contributed by atoms with Gasteiger partial charge in [0.05, 0.1) is 0 Å². The smallest absolute Gasteiger partial charge is 0.333 e. The molecular formula is C18H20N2O7. The Morgan fingerprint density at radius 2 is 1.07 bits per heavy atom. The minimum atomic E-state index is -1.22. The Hall–Kier alpha value is -2.98. The van der Waals surface area contributed by atoms with Crippen LogP contribution in [0.4, 0.5) is 0 Å². The molecule has 2 aromatic carbocycles. The Kier molecular flexibility index (Phi) is 7.26. The molecule has 9 nitrogen and oxygen atoms in total. The molecule has 27 heavy (non-hydrogen) atoms. The molecule has 2 unspecified atom stereocenters. The molecule has 0 saturated heterocycles. The third kappa shape index (κ3) is 6.04. The minimum absolute atomic E-state index is 0.0120. The fourth-order valence-corrected chi connectivity index (χ4v) is 2.34. The number of aromatic hydroxyl groups is 2. The van der Waals surface area contributed by atoms with Gasteiger partial charge in [-0.15, -0.1) is 0 Å². The van der Waals surface area contributed by atoms with E-state index in [9.17, 15) is 30.2 Å².